The minimum absolute atomic E-state index is 0.0586. The van der Waals surface area contributed by atoms with Crippen LogP contribution in [-0.4, -0.2) is 42.4 Å². The van der Waals surface area contributed by atoms with Crippen molar-refractivity contribution in [2.75, 3.05) is 20.2 Å². The summed E-state index contributed by atoms with van der Waals surface area (Å²) in [7, 11) is 2.30. The molecule has 3 nitrogen and oxygen atoms in total. The molecule has 0 amide bonds. The summed E-state index contributed by atoms with van der Waals surface area (Å²) < 4.78 is 6.81. The summed E-state index contributed by atoms with van der Waals surface area (Å²) in [6.07, 6.45) is 8.40. The van der Waals surface area contributed by atoms with E-state index < -0.39 is 0 Å². The molecule has 2 heterocycles. The fraction of sp³-hybridized carbons (Fsp3) is 0.636. The van der Waals surface area contributed by atoms with E-state index in [1.54, 1.807) is 0 Å². The number of likely N-dealkylation sites (tertiary alicyclic amines) is 1. The number of nitrogens with zero attached hydrogens (tertiary/aromatic N) is 1. The SMILES string of the molecule is Cc1ccc2c3c1O[C@H]1C4(CO)C=CC5(C[C@H]4C)C(C2)N(C)CCC315. The highest BCUT2D eigenvalue weighted by Crippen LogP contribution is 2.75. The average molecular weight is 337 g/mol. The maximum atomic E-state index is 10.5. The zero-order chi connectivity index (χ0) is 17.2. The van der Waals surface area contributed by atoms with Crippen LogP contribution in [0.15, 0.2) is 24.3 Å². The molecular formula is C22H27NO2. The Kier molecular flexibility index (Phi) is 2.46. The average Bonchev–Trinajstić information content (AvgIpc) is 2.97. The van der Waals surface area contributed by atoms with Crippen molar-refractivity contribution >= 4 is 0 Å². The zero-order valence-corrected chi connectivity index (χ0v) is 15.4. The summed E-state index contributed by atoms with van der Waals surface area (Å²) in [5.41, 5.74) is 4.25. The van der Waals surface area contributed by atoms with E-state index in [0.717, 1.165) is 25.1 Å². The maximum Gasteiger partial charge on any atom is 0.126 e. The molecule has 4 bridgehead atoms. The lowest BCUT2D eigenvalue weighted by molar-refractivity contribution is -0.177. The highest BCUT2D eigenvalue weighted by atomic mass is 16.5. The standard InChI is InChI=1S/C22H27NO2/c1-13-4-5-15-10-16-21-7-6-20(12-24,14(2)11-21)19-22(21,8-9-23(16)3)17(15)18(13)25-19/h4-7,14,16,19,24H,8-12H2,1-3H3/t14-,16?,19+,20?,21?,22?/m1/s1. The Morgan fingerprint density at radius 1 is 1.32 bits per heavy atom. The third kappa shape index (κ3) is 1.26. The summed E-state index contributed by atoms with van der Waals surface area (Å²) in [4.78, 5) is 2.59. The van der Waals surface area contributed by atoms with Crippen LogP contribution >= 0.6 is 0 Å². The summed E-state index contributed by atoms with van der Waals surface area (Å²) in [6.45, 7) is 5.83. The molecule has 2 aliphatic heterocycles. The van der Waals surface area contributed by atoms with Gasteiger partial charge in [0.2, 0.25) is 0 Å². The van der Waals surface area contributed by atoms with Crippen LogP contribution in [0, 0.1) is 23.7 Å². The van der Waals surface area contributed by atoms with E-state index in [1.165, 1.54) is 23.1 Å². The van der Waals surface area contributed by atoms with Crippen LogP contribution in [0.4, 0.5) is 0 Å². The first-order valence-electron chi connectivity index (χ1n) is 9.81. The molecule has 4 aliphatic carbocycles. The molecule has 6 atom stereocenters. The topological polar surface area (TPSA) is 32.7 Å². The van der Waals surface area contributed by atoms with Gasteiger partial charge in [-0.3, -0.25) is 0 Å². The van der Waals surface area contributed by atoms with E-state index in [2.05, 4.69) is 50.1 Å². The molecule has 1 aromatic rings. The predicted molar refractivity (Wildman–Crippen MR) is 96.9 cm³/mol. The van der Waals surface area contributed by atoms with Crippen LogP contribution in [0.25, 0.3) is 0 Å². The Morgan fingerprint density at radius 3 is 2.92 bits per heavy atom. The molecule has 6 aliphatic rings. The molecule has 7 rings (SSSR count). The molecule has 1 N–H and O–H groups in total. The van der Waals surface area contributed by atoms with Crippen LogP contribution in [0.3, 0.4) is 0 Å². The molecule has 0 radical (unpaired) electrons. The van der Waals surface area contributed by atoms with E-state index in [0.29, 0.717) is 12.0 Å². The van der Waals surface area contributed by atoms with Crippen LogP contribution in [-0.2, 0) is 11.8 Å². The number of hydrogen-bond acceptors (Lipinski definition) is 3. The number of aliphatic hydroxyl groups is 1. The van der Waals surface area contributed by atoms with E-state index in [9.17, 15) is 5.11 Å². The summed E-state index contributed by atoms with van der Waals surface area (Å²) in [5, 5.41) is 10.5. The zero-order valence-electron chi connectivity index (χ0n) is 15.4. The Morgan fingerprint density at radius 2 is 2.16 bits per heavy atom. The Hall–Kier alpha value is -1.32. The molecule has 132 valence electrons. The highest BCUT2D eigenvalue weighted by Gasteiger charge is 2.77. The normalized spacial score (nSPS) is 48.4. The number of hydrogen-bond donors (Lipinski definition) is 1. The van der Waals surface area contributed by atoms with Crippen molar-refractivity contribution in [1.82, 2.24) is 4.90 Å². The number of fused-ring (bicyclic) bond motifs is 1. The number of aryl methyl sites for hydroxylation is 1. The maximum absolute atomic E-state index is 10.5. The van der Waals surface area contributed by atoms with Gasteiger partial charge in [-0.25, -0.2) is 0 Å². The van der Waals surface area contributed by atoms with Crippen LogP contribution in [0.1, 0.15) is 36.5 Å². The first-order chi connectivity index (χ1) is 12.0. The van der Waals surface area contributed by atoms with Gasteiger partial charge in [0.15, 0.2) is 0 Å². The van der Waals surface area contributed by atoms with Crippen molar-refractivity contribution in [3.63, 3.8) is 0 Å². The quantitative estimate of drug-likeness (QED) is 0.800. The monoisotopic (exact) mass is 337 g/mol. The van der Waals surface area contributed by atoms with E-state index in [-0.39, 0.29) is 29.0 Å². The van der Waals surface area contributed by atoms with Crippen molar-refractivity contribution in [2.45, 2.75) is 50.7 Å². The molecule has 0 aromatic heterocycles. The molecule has 4 unspecified atom stereocenters. The second-order valence-electron chi connectivity index (χ2n) is 9.41. The number of ether oxygens (including phenoxy) is 1. The van der Waals surface area contributed by atoms with Gasteiger partial charge in [0, 0.05) is 22.4 Å². The van der Waals surface area contributed by atoms with Gasteiger partial charge in [-0.1, -0.05) is 31.2 Å². The minimum Gasteiger partial charge on any atom is -0.488 e. The summed E-state index contributed by atoms with van der Waals surface area (Å²) in [5.74, 6) is 1.59. The van der Waals surface area contributed by atoms with Gasteiger partial charge < -0.3 is 14.7 Å². The second-order valence-corrected chi connectivity index (χ2v) is 9.41. The van der Waals surface area contributed by atoms with Crippen LogP contribution in [0.2, 0.25) is 0 Å². The largest absolute Gasteiger partial charge is 0.488 e. The Bertz CT molecular complexity index is 832. The minimum atomic E-state index is -0.234. The van der Waals surface area contributed by atoms with Crippen LogP contribution < -0.4 is 4.74 Å². The molecular weight excluding hydrogens is 310 g/mol. The molecule has 1 aromatic carbocycles. The van der Waals surface area contributed by atoms with Gasteiger partial charge in [-0.05, 0) is 56.8 Å². The van der Waals surface area contributed by atoms with Gasteiger partial charge >= 0.3 is 0 Å². The van der Waals surface area contributed by atoms with Crippen molar-refractivity contribution in [1.29, 1.82) is 0 Å². The number of rotatable bonds is 1. The Labute approximate surface area is 149 Å². The second kappa shape index (κ2) is 4.15. The van der Waals surface area contributed by atoms with E-state index in [4.69, 9.17) is 4.74 Å². The van der Waals surface area contributed by atoms with E-state index in [1.807, 2.05) is 0 Å². The Balaban J connectivity index is 1.75. The lowest BCUT2D eigenvalue weighted by atomic mass is 9.35. The lowest BCUT2D eigenvalue weighted by Crippen LogP contribution is -2.76. The smallest absolute Gasteiger partial charge is 0.126 e. The first kappa shape index (κ1) is 14.8. The molecule has 2 spiro atoms. The predicted octanol–water partition coefficient (Wildman–Crippen LogP) is 2.83. The fourth-order valence-electron chi connectivity index (χ4n) is 7.62. The third-order valence-electron chi connectivity index (χ3n) is 8.81. The molecule has 3 heteroatoms. The highest BCUT2D eigenvalue weighted by molar-refractivity contribution is 5.62. The van der Waals surface area contributed by atoms with Gasteiger partial charge in [-0.2, -0.15) is 0 Å². The van der Waals surface area contributed by atoms with E-state index >= 15 is 0 Å². The number of piperidine rings is 1. The van der Waals surface area contributed by atoms with Crippen molar-refractivity contribution in [3.8, 4) is 5.75 Å². The lowest BCUT2D eigenvalue weighted by Gasteiger charge is -2.71. The number of likely N-dealkylation sites (N-methyl/N-ethyl adjacent to an activating group) is 1. The van der Waals surface area contributed by atoms with Crippen LogP contribution in [0.5, 0.6) is 5.75 Å². The van der Waals surface area contributed by atoms with Crippen molar-refractivity contribution in [3.05, 3.63) is 41.0 Å². The molecule has 1 saturated carbocycles. The van der Waals surface area contributed by atoms with Gasteiger partial charge in [0.25, 0.3) is 0 Å². The molecule has 1 saturated heterocycles. The fourth-order valence-corrected chi connectivity index (χ4v) is 7.62. The molecule has 25 heavy (non-hydrogen) atoms. The van der Waals surface area contributed by atoms with Crippen molar-refractivity contribution in [2.24, 2.45) is 16.7 Å². The summed E-state index contributed by atoms with van der Waals surface area (Å²) >= 11 is 0. The summed E-state index contributed by atoms with van der Waals surface area (Å²) in [6, 6.07) is 5.13. The van der Waals surface area contributed by atoms with Gasteiger partial charge in [-0.15, -0.1) is 0 Å². The first-order valence-corrected chi connectivity index (χ1v) is 9.81. The van der Waals surface area contributed by atoms with Gasteiger partial charge in [0.1, 0.15) is 11.9 Å². The third-order valence-corrected chi connectivity index (χ3v) is 8.81. The number of benzene rings is 1. The van der Waals surface area contributed by atoms with Crippen molar-refractivity contribution < 1.29 is 9.84 Å². The molecule has 2 fully saturated rings. The number of aliphatic hydroxyl groups excluding tert-OH is 1. The van der Waals surface area contributed by atoms with Gasteiger partial charge in [0.05, 0.1) is 12.0 Å².